The van der Waals surface area contributed by atoms with Crippen molar-refractivity contribution in [3.63, 3.8) is 0 Å². The van der Waals surface area contributed by atoms with E-state index in [-0.39, 0.29) is 0 Å². The highest BCUT2D eigenvalue weighted by Crippen LogP contribution is 2.16. The maximum absolute atomic E-state index is 12.0. The van der Waals surface area contributed by atoms with E-state index < -0.39 is 0 Å². The summed E-state index contributed by atoms with van der Waals surface area (Å²) in [6, 6.07) is 8.81. The summed E-state index contributed by atoms with van der Waals surface area (Å²) in [5.74, 6) is 1.85. The number of carbonyl (C=O) groups excluding carboxylic acids is 1. The molecule has 0 radical (unpaired) electrons. The number of amides is 1. The minimum atomic E-state index is 0.332. The van der Waals surface area contributed by atoms with Crippen molar-refractivity contribution >= 4 is 5.91 Å². The number of ether oxygens (including phenoxy) is 1. The highest BCUT2D eigenvalue weighted by atomic mass is 16.5. The van der Waals surface area contributed by atoms with Gasteiger partial charge in [0.2, 0.25) is 5.91 Å². The molecule has 1 heterocycles. The molecule has 1 aliphatic heterocycles. The van der Waals surface area contributed by atoms with Crippen molar-refractivity contribution in [2.75, 3.05) is 33.3 Å². The first kappa shape index (κ1) is 19.8. The van der Waals surface area contributed by atoms with Crippen LogP contribution >= 0.6 is 0 Å². The zero-order chi connectivity index (χ0) is 18.2. The first-order chi connectivity index (χ1) is 12.0. The van der Waals surface area contributed by atoms with Gasteiger partial charge in [-0.05, 0) is 49.8 Å². The van der Waals surface area contributed by atoms with Gasteiger partial charge in [0.15, 0.2) is 0 Å². The third-order valence-electron chi connectivity index (χ3n) is 4.99. The molecule has 1 unspecified atom stereocenters. The molecule has 4 heteroatoms. The molecule has 0 aromatic heterocycles. The fourth-order valence-electron chi connectivity index (χ4n) is 3.54. The highest BCUT2D eigenvalue weighted by Gasteiger charge is 2.21. The van der Waals surface area contributed by atoms with Crippen LogP contribution < -0.4 is 4.74 Å². The van der Waals surface area contributed by atoms with Crippen molar-refractivity contribution in [1.82, 2.24) is 9.80 Å². The van der Waals surface area contributed by atoms with Crippen LogP contribution in [0.4, 0.5) is 0 Å². The van der Waals surface area contributed by atoms with Crippen molar-refractivity contribution < 1.29 is 9.53 Å². The lowest BCUT2D eigenvalue weighted by Gasteiger charge is -2.34. The molecule has 1 aromatic carbocycles. The minimum Gasteiger partial charge on any atom is -0.497 e. The van der Waals surface area contributed by atoms with Crippen LogP contribution in [0.25, 0.3) is 0 Å². The van der Waals surface area contributed by atoms with Gasteiger partial charge in [0.1, 0.15) is 5.75 Å². The van der Waals surface area contributed by atoms with E-state index in [2.05, 4.69) is 42.7 Å². The van der Waals surface area contributed by atoms with Crippen LogP contribution in [-0.2, 0) is 11.2 Å². The molecule has 4 nitrogen and oxygen atoms in total. The lowest BCUT2D eigenvalue weighted by molar-refractivity contribution is -0.133. The van der Waals surface area contributed by atoms with Gasteiger partial charge in [-0.15, -0.1) is 0 Å². The zero-order valence-corrected chi connectivity index (χ0v) is 16.3. The second-order valence-electron chi connectivity index (χ2n) is 7.63. The van der Waals surface area contributed by atoms with E-state index in [1.54, 1.807) is 7.11 Å². The standard InChI is InChI=1S/C21H34N2O2/c1-17(2)16-23(14-13-22-12-6-5-7-21(22)24)18(3)15-19-8-10-20(25-4)11-9-19/h8-11,17-18H,5-7,12-16H2,1-4H3. The summed E-state index contributed by atoms with van der Waals surface area (Å²) in [5, 5.41) is 0. The number of methoxy groups -OCH3 is 1. The van der Waals surface area contributed by atoms with E-state index >= 15 is 0 Å². The van der Waals surface area contributed by atoms with Crippen LogP contribution in [0.3, 0.4) is 0 Å². The number of likely N-dealkylation sites (tertiary alicyclic amines) is 1. The fraction of sp³-hybridized carbons (Fsp3) is 0.667. The Morgan fingerprint density at radius 2 is 1.88 bits per heavy atom. The molecule has 1 saturated heterocycles. The predicted octanol–water partition coefficient (Wildman–Crippen LogP) is 3.60. The van der Waals surface area contributed by atoms with Gasteiger partial charge in [-0.1, -0.05) is 26.0 Å². The lowest BCUT2D eigenvalue weighted by atomic mass is 10.0. The molecule has 25 heavy (non-hydrogen) atoms. The second-order valence-corrected chi connectivity index (χ2v) is 7.63. The molecule has 0 aliphatic carbocycles. The molecular weight excluding hydrogens is 312 g/mol. The largest absolute Gasteiger partial charge is 0.497 e. The van der Waals surface area contributed by atoms with Gasteiger partial charge < -0.3 is 9.64 Å². The average Bonchev–Trinajstić information content (AvgIpc) is 2.60. The SMILES string of the molecule is COc1ccc(CC(C)N(CCN2CCCCC2=O)CC(C)C)cc1. The smallest absolute Gasteiger partial charge is 0.222 e. The molecule has 1 amide bonds. The van der Waals surface area contributed by atoms with Gasteiger partial charge in [0.25, 0.3) is 0 Å². The maximum Gasteiger partial charge on any atom is 0.222 e. The number of hydrogen-bond acceptors (Lipinski definition) is 3. The van der Waals surface area contributed by atoms with Crippen LogP contribution in [0.5, 0.6) is 5.75 Å². The van der Waals surface area contributed by atoms with Gasteiger partial charge >= 0.3 is 0 Å². The molecule has 0 spiro atoms. The Bertz CT molecular complexity index is 527. The molecule has 2 rings (SSSR count). The summed E-state index contributed by atoms with van der Waals surface area (Å²) < 4.78 is 5.24. The van der Waals surface area contributed by atoms with Gasteiger partial charge in [0, 0.05) is 38.6 Å². The Hall–Kier alpha value is -1.55. The molecule has 0 N–H and O–H groups in total. The van der Waals surface area contributed by atoms with Crippen molar-refractivity contribution in [2.45, 2.75) is 52.5 Å². The van der Waals surface area contributed by atoms with E-state index in [1.807, 2.05) is 12.1 Å². The number of benzene rings is 1. The van der Waals surface area contributed by atoms with E-state index in [0.29, 0.717) is 17.9 Å². The van der Waals surface area contributed by atoms with Crippen LogP contribution in [0, 0.1) is 5.92 Å². The summed E-state index contributed by atoms with van der Waals surface area (Å²) in [6.07, 6.45) is 3.95. The average molecular weight is 347 g/mol. The predicted molar refractivity (Wildman–Crippen MR) is 103 cm³/mol. The number of rotatable bonds is 9. The Balaban J connectivity index is 1.93. The van der Waals surface area contributed by atoms with Crippen molar-refractivity contribution in [3.8, 4) is 5.75 Å². The number of carbonyl (C=O) groups is 1. The number of piperidine rings is 1. The van der Waals surface area contributed by atoms with Gasteiger partial charge in [-0.3, -0.25) is 9.69 Å². The van der Waals surface area contributed by atoms with Crippen molar-refractivity contribution in [2.24, 2.45) is 5.92 Å². The highest BCUT2D eigenvalue weighted by molar-refractivity contribution is 5.76. The molecule has 1 aliphatic rings. The van der Waals surface area contributed by atoms with Crippen LogP contribution in [0.2, 0.25) is 0 Å². The second kappa shape index (κ2) is 9.81. The monoisotopic (exact) mass is 346 g/mol. The summed E-state index contributed by atoms with van der Waals surface area (Å²) in [5.41, 5.74) is 1.33. The fourth-order valence-corrected chi connectivity index (χ4v) is 3.54. The Morgan fingerprint density at radius 3 is 2.48 bits per heavy atom. The van der Waals surface area contributed by atoms with Crippen molar-refractivity contribution in [3.05, 3.63) is 29.8 Å². The summed E-state index contributed by atoms with van der Waals surface area (Å²) >= 11 is 0. The first-order valence-electron chi connectivity index (χ1n) is 9.64. The van der Waals surface area contributed by atoms with E-state index in [4.69, 9.17) is 4.74 Å². The number of hydrogen-bond donors (Lipinski definition) is 0. The number of nitrogens with zero attached hydrogens (tertiary/aromatic N) is 2. The Kier molecular flexibility index (Phi) is 7.76. The minimum absolute atomic E-state index is 0.332. The van der Waals surface area contributed by atoms with E-state index in [1.165, 1.54) is 5.56 Å². The van der Waals surface area contributed by atoms with E-state index in [0.717, 1.165) is 57.6 Å². The van der Waals surface area contributed by atoms with Crippen LogP contribution in [-0.4, -0.2) is 55.0 Å². The quantitative estimate of drug-likeness (QED) is 0.685. The normalized spacial score (nSPS) is 16.6. The zero-order valence-electron chi connectivity index (χ0n) is 16.3. The van der Waals surface area contributed by atoms with Gasteiger partial charge in [-0.2, -0.15) is 0 Å². The molecule has 1 fully saturated rings. The van der Waals surface area contributed by atoms with Gasteiger partial charge in [0.05, 0.1) is 7.11 Å². The maximum atomic E-state index is 12.0. The van der Waals surface area contributed by atoms with E-state index in [9.17, 15) is 4.79 Å². The topological polar surface area (TPSA) is 32.8 Å². The molecule has 0 bridgehead atoms. The summed E-state index contributed by atoms with van der Waals surface area (Å²) in [7, 11) is 1.70. The molecule has 0 saturated carbocycles. The lowest BCUT2D eigenvalue weighted by Crippen LogP contribution is -2.45. The Morgan fingerprint density at radius 1 is 1.16 bits per heavy atom. The van der Waals surface area contributed by atoms with Crippen molar-refractivity contribution in [1.29, 1.82) is 0 Å². The Labute approximate surface area is 153 Å². The summed E-state index contributed by atoms with van der Waals surface area (Å²) in [4.78, 5) is 16.6. The molecular formula is C21H34N2O2. The third-order valence-corrected chi connectivity index (χ3v) is 4.99. The van der Waals surface area contributed by atoms with Crippen LogP contribution in [0.1, 0.15) is 45.6 Å². The summed E-state index contributed by atoms with van der Waals surface area (Å²) in [6.45, 7) is 10.6. The molecule has 1 atom stereocenters. The third kappa shape index (κ3) is 6.35. The molecule has 140 valence electrons. The van der Waals surface area contributed by atoms with Crippen LogP contribution in [0.15, 0.2) is 24.3 Å². The molecule has 1 aromatic rings. The van der Waals surface area contributed by atoms with Gasteiger partial charge in [-0.25, -0.2) is 0 Å². The first-order valence-corrected chi connectivity index (χ1v) is 9.64.